The van der Waals surface area contributed by atoms with Gasteiger partial charge in [0.1, 0.15) is 55.1 Å². The van der Waals surface area contributed by atoms with Crippen LogP contribution in [0, 0.1) is 53.8 Å². The molecule has 4 saturated carbocycles. The van der Waals surface area contributed by atoms with Gasteiger partial charge in [0.25, 0.3) is 0 Å². The molecular weight excluding hydrogens is 1160 g/mol. The van der Waals surface area contributed by atoms with Crippen LogP contribution in [0.2, 0.25) is 0 Å². The molecule has 8 aliphatic rings. The van der Waals surface area contributed by atoms with E-state index in [1.165, 1.54) is 12.5 Å². The first kappa shape index (κ1) is 63.0. The molecule has 0 spiro atoms. The lowest BCUT2D eigenvalue weighted by Gasteiger charge is -2.71. The lowest BCUT2D eigenvalue weighted by atomic mass is 9.33. The maximum atomic E-state index is 15.7. The van der Waals surface area contributed by atoms with Crippen molar-refractivity contribution in [2.75, 3.05) is 13.2 Å². The molecule has 11 unspecified atom stereocenters. The van der Waals surface area contributed by atoms with E-state index in [0.717, 1.165) is 35.5 Å². The van der Waals surface area contributed by atoms with Crippen LogP contribution in [0.15, 0.2) is 35.9 Å². The molecule has 1 amide bonds. The van der Waals surface area contributed by atoms with Crippen LogP contribution in [-0.2, 0) is 42.8 Å². The number of fused-ring (bicyclic) bond motifs is 7. The quantitative estimate of drug-likeness (QED) is 0.0249. The lowest BCUT2D eigenvalue weighted by Crippen LogP contribution is -2.68. The Balaban J connectivity index is 0.949. The van der Waals surface area contributed by atoms with Crippen LogP contribution < -0.4 is 5.32 Å². The number of rotatable bonds is 17. The van der Waals surface area contributed by atoms with Crippen molar-refractivity contribution >= 4 is 46.5 Å². The highest BCUT2D eigenvalue weighted by Crippen LogP contribution is 2.76. The number of ether oxygens (including phenoxy) is 6. The maximum absolute atomic E-state index is 15.7. The fourth-order valence-corrected chi connectivity index (χ4v) is 17.1. The number of amides is 1. The van der Waals surface area contributed by atoms with Crippen molar-refractivity contribution in [2.24, 2.45) is 50.2 Å². The predicted molar refractivity (Wildman–Crippen MR) is 300 cm³/mol. The normalized spacial score (nSPS) is 45.7. The van der Waals surface area contributed by atoms with Crippen molar-refractivity contribution in [2.45, 2.75) is 243 Å². The van der Waals surface area contributed by atoms with Gasteiger partial charge in [-0.25, -0.2) is 0 Å². The van der Waals surface area contributed by atoms with E-state index in [1.807, 2.05) is 31.2 Å². The Kier molecular flexibility index (Phi) is 18.9. The average Bonchev–Trinajstić information content (AvgIpc) is 1.76. The number of aliphatic hydroxyl groups excluding tert-OH is 8. The molecule has 3 heterocycles. The Morgan fingerprint density at radius 2 is 1.41 bits per heavy atom. The van der Waals surface area contributed by atoms with Gasteiger partial charge < -0.3 is 79.4 Å². The highest BCUT2D eigenvalue weighted by atomic mass is 127. The van der Waals surface area contributed by atoms with Crippen LogP contribution in [0.3, 0.4) is 0 Å². The summed E-state index contributed by atoms with van der Waals surface area (Å²) in [6, 6.07) is 6.07. The number of benzene rings is 1. The summed E-state index contributed by atoms with van der Waals surface area (Å²) >= 11 is 2.19. The number of carbonyl (C=O) groups excluding carboxylic acids is 4. The van der Waals surface area contributed by atoms with Crippen molar-refractivity contribution in [1.82, 2.24) is 5.32 Å². The van der Waals surface area contributed by atoms with Crippen molar-refractivity contribution in [1.29, 1.82) is 0 Å². The van der Waals surface area contributed by atoms with E-state index in [0.29, 0.717) is 76.2 Å². The molecule has 0 bridgehead atoms. The number of halogens is 1. The van der Waals surface area contributed by atoms with Gasteiger partial charge >= 0.3 is 5.97 Å². The number of hydrogen-bond donors (Lipinski definition) is 9. The van der Waals surface area contributed by atoms with Crippen molar-refractivity contribution in [3.05, 3.63) is 45.0 Å². The van der Waals surface area contributed by atoms with Gasteiger partial charge in [-0.1, -0.05) is 78.2 Å². The summed E-state index contributed by atoms with van der Waals surface area (Å²) in [5.41, 5.74) is -0.887. The second-order valence-corrected chi connectivity index (χ2v) is 28.4. The topological polar surface area (TPSA) is 298 Å². The van der Waals surface area contributed by atoms with E-state index in [4.69, 9.17) is 28.4 Å². The fraction of sp³-hybridized carbons (Fsp3) is 0.803. The molecule has 20 heteroatoms. The van der Waals surface area contributed by atoms with Crippen LogP contribution >= 0.6 is 22.6 Å². The van der Waals surface area contributed by atoms with E-state index in [2.05, 4.69) is 68.6 Å². The van der Waals surface area contributed by atoms with E-state index >= 15 is 4.79 Å². The number of unbranched alkanes of at least 4 members (excludes halogenated alkanes) is 3. The van der Waals surface area contributed by atoms with E-state index in [1.54, 1.807) is 0 Å². The number of aldehydes is 1. The Morgan fingerprint density at radius 1 is 0.741 bits per heavy atom. The summed E-state index contributed by atoms with van der Waals surface area (Å²) in [6.07, 6.45) is -8.32. The summed E-state index contributed by atoms with van der Waals surface area (Å²) in [5.74, 6) is -1.01. The zero-order valence-electron chi connectivity index (χ0n) is 48.1. The highest BCUT2D eigenvalue weighted by Gasteiger charge is 2.70. The summed E-state index contributed by atoms with van der Waals surface area (Å²) in [7, 11) is 0. The van der Waals surface area contributed by atoms with E-state index < -0.39 is 121 Å². The van der Waals surface area contributed by atoms with Crippen molar-refractivity contribution < 1.29 is 88.5 Å². The molecule has 19 nitrogen and oxygen atoms in total. The zero-order chi connectivity index (χ0) is 58.8. The molecule has 3 saturated heterocycles. The number of nitrogens with one attached hydrogen (secondary N) is 1. The molecular formula is C61H90INO18. The van der Waals surface area contributed by atoms with E-state index in [9.17, 15) is 55.2 Å². The predicted octanol–water partition coefficient (Wildman–Crippen LogP) is 4.94. The SMILES string of the molecule is CC1O[C@@H](OC2C(O)[C@@H](NC(=O)CCCCCCC(=O)c3ccc(I)cc3)C(CO)O[C@H]2OC(=O)[C@]23CCC(C)(C)CC2C2=CCC4C5(C)CC[C@H](O)[C@](C)(C=O)[C@@H]5CC[C@]4(C)[C@]2(C)CC3)C(O)C(O)[C@H]1O[C@@H]1OC[C@@H](O)C(O)C1O. The molecule has 9 rings (SSSR count). The lowest BCUT2D eigenvalue weighted by molar-refractivity contribution is -0.369. The Morgan fingerprint density at radius 3 is 2.10 bits per heavy atom. The number of esters is 1. The average molecular weight is 1250 g/mol. The van der Waals surface area contributed by atoms with Gasteiger partial charge in [-0.3, -0.25) is 14.4 Å². The highest BCUT2D eigenvalue weighted by molar-refractivity contribution is 14.1. The fourth-order valence-electron chi connectivity index (χ4n) is 16.7. The Bertz CT molecular complexity index is 2460. The van der Waals surface area contributed by atoms with Gasteiger partial charge in [0.05, 0.1) is 42.3 Å². The molecule has 1 aromatic carbocycles. The van der Waals surface area contributed by atoms with Crippen LogP contribution in [0.5, 0.6) is 0 Å². The van der Waals surface area contributed by atoms with Crippen LogP contribution in [0.25, 0.3) is 0 Å². The third kappa shape index (κ3) is 11.5. The largest absolute Gasteiger partial charge is 0.432 e. The summed E-state index contributed by atoms with van der Waals surface area (Å²) in [5, 5.41) is 91.5. The van der Waals surface area contributed by atoms with Crippen LogP contribution in [-0.4, -0.2) is 170 Å². The minimum absolute atomic E-state index is 0.0205. The molecule has 3 aliphatic heterocycles. The molecule has 1 aromatic rings. The van der Waals surface area contributed by atoms with Gasteiger partial charge in [0.15, 0.2) is 24.5 Å². The molecule has 0 aromatic heterocycles. The summed E-state index contributed by atoms with van der Waals surface area (Å²) in [4.78, 5) is 54.9. The molecule has 7 fully saturated rings. The zero-order valence-corrected chi connectivity index (χ0v) is 50.3. The van der Waals surface area contributed by atoms with Gasteiger partial charge in [-0.15, -0.1) is 0 Å². The minimum atomic E-state index is -1.91. The number of ketones is 1. The molecule has 0 radical (unpaired) electrons. The first-order valence-corrected chi connectivity index (χ1v) is 30.8. The first-order chi connectivity index (χ1) is 38.2. The van der Waals surface area contributed by atoms with Crippen molar-refractivity contribution in [3.8, 4) is 0 Å². The van der Waals surface area contributed by atoms with Crippen LogP contribution in [0.1, 0.15) is 162 Å². The number of aliphatic hydroxyl groups is 8. The number of carbonyl (C=O) groups is 4. The second kappa shape index (κ2) is 24.3. The summed E-state index contributed by atoms with van der Waals surface area (Å²) in [6.45, 7) is 13.9. The molecule has 454 valence electrons. The Hall–Kier alpha value is -2.55. The summed E-state index contributed by atoms with van der Waals surface area (Å²) < 4.78 is 37.8. The molecule has 23 atom stereocenters. The second-order valence-electron chi connectivity index (χ2n) is 27.1. The van der Waals surface area contributed by atoms with Gasteiger partial charge in [-0.05, 0) is 158 Å². The third-order valence-corrected chi connectivity index (χ3v) is 22.7. The number of allylic oxidation sites excluding steroid dienone is 2. The number of Topliss-reactive ketones (excluding diaryl/α,β-unsaturated/α-hetero) is 1. The maximum Gasteiger partial charge on any atom is 0.315 e. The third-order valence-electron chi connectivity index (χ3n) is 21.9. The smallest absolute Gasteiger partial charge is 0.315 e. The molecule has 81 heavy (non-hydrogen) atoms. The number of hydrogen-bond acceptors (Lipinski definition) is 18. The Labute approximate surface area is 489 Å². The van der Waals surface area contributed by atoms with E-state index in [-0.39, 0.29) is 58.2 Å². The van der Waals surface area contributed by atoms with Crippen LogP contribution in [0.4, 0.5) is 0 Å². The van der Waals surface area contributed by atoms with Gasteiger partial charge in [-0.2, -0.15) is 0 Å². The monoisotopic (exact) mass is 1250 g/mol. The molecule has 9 N–H and O–H groups in total. The van der Waals surface area contributed by atoms with Gasteiger partial charge in [0.2, 0.25) is 12.2 Å². The first-order valence-electron chi connectivity index (χ1n) is 29.8. The van der Waals surface area contributed by atoms with Crippen molar-refractivity contribution in [3.63, 3.8) is 0 Å². The molecule has 5 aliphatic carbocycles. The minimum Gasteiger partial charge on any atom is -0.432 e. The van der Waals surface area contributed by atoms with Gasteiger partial charge in [0, 0.05) is 22.0 Å². The standard InChI is InChI=1S/C61H90INO18/c1-32-50(79-52-48(73)45(70)38(67)30-76-52)47(72)49(74)53(77-32)80-51-46(71)44(63-43(69)13-11-9-8-10-12-37(66)33-14-16-34(62)17-15-33)39(29-64)78-54(51)81-55(75)61-26-24-56(2,3)28-36(61)35-18-19-41-57(4)22-21-42(68)58(5,31-65)40(57)20-23-60(41,7)59(35,6)25-27-61/h14-18,31-32,36,38-42,44-54,64,67-68,70-74H,8-13,19-30H2,1-7H3,(H,63,69)/t32?,36?,38-,39?,40-,41?,42+,44+,45?,46?,47?,48?,49?,50+,51?,52+,53+,54+,57?,58-,59-,60+,61+/m1/s1.